The first-order valence-electron chi connectivity index (χ1n) is 12.4. The molecule has 1 fully saturated rings. The number of pyridine rings is 2. The van der Waals surface area contributed by atoms with Gasteiger partial charge >= 0.3 is 6.18 Å². The fourth-order valence-electron chi connectivity index (χ4n) is 4.21. The van der Waals surface area contributed by atoms with Crippen molar-refractivity contribution in [2.24, 2.45) is 0 Å². The van der Waals surface area contributed by atoms with Crippen LogP contribution in [-0.2, 0) is 12.7 Å². The topological polar surface area (TPSA) is 111 Å². The minimum Gasteiger partial charge on any atom is -0.397 e. The number of hydrogen-bond acceptors (Lipinski definition) is 7. The summed E-state index contributed by atoms with van der Waals surface area (Å²) in [5, 5.41) is 9.80. The van der Waals surface area contributed by atoms with E-state index in [0.29, 0.717) is 35.6 Å². The van der Waals surface area contributed by atoms with Crippen LogP contribution < -0.4 is 11.1 Å². The smallest absolute Gasteiger partial charge is 0.397 e. The lowest BCUT2D eigenvalue weighted by Gasteiger charge is -2.34. The van der Waals surface area contributed by atoms with E-state index in [4.69, 9.17) is 11.1 Å². The van der Waals surface area contributed by atoms with Gasteiger partial charge in [-0.3, -0.25) is 14.7 Å². The summed E-state index contributed by atoms with van der Waals surface area (Å²) in [6, 6.07) is 8.41. The third kappa shape index (κ3) is 7.19. The highest BCUT2D eigenvalue weighted by Gasteiger charge is 2.34. The van der Waals surface area contributed by atoms with Gasteiger partial charge in [-0.05, 0) is 42.4 Å². The van der Waals surface area contributed by atoms with Gasteiger partial charge in [0.1, 0.15) is 11.5 Å². The van der Waals surface area contributed by atoms with Gasteiger partial charge in [-0.1, -0.05) is 24.8 Å². The predicted molar refractivity (Wildman–Crippen MR) is 144 cm³/mol. The largest absolute Gasteiger partial charge is 0.416 e. The van der Waals surface area contributed by atoms with Gasteiger partial charge < -0.3 is 21.4 Å². The van der Waals surface area contributed by atoms with Crippen molar-refractivity contribution in [3.8, 4) is 11.8 Å². The second kappa shape index (κ2) is 12.1. The number of benzene rings is 1. The molecule has 8 nitrogen and oxygen atoms in total. The number of anilines is 2. The monoisotopic (exact) mass is 535 g/mol. The van der Waals surface area contributed by atoms with Gasteiger partial charge in [-0.2, -0.15) is 13.2 Å². The number of amides is 1. The van der Waals surface area contributed by atoms with Gasteiger partial charge in [0.15, 0.2) is 0 Å². The minimum absolute atomic E-state index is 0.118. The minimum atomic E-state index is -4.60. The number of likely N-dealkylation sites (N-methyl/N-ethyl adjacent to an activating group) is 1. The fraction of sp³-hybridized carbons (Fsp3) is 0.286. The predicted octanol–water partition coefficient (Wildman–Crippen LogP) is 3.86. The molecule has 1 aliphatic rings. The Balaban J connectivity index is 1.48. The number of nitrogens with one attached hydrogen (secondary N) is 2. The van der Waals surface area contributed by atoms with Crippen LogP contribution in [0.15, 0.2) is 48.8 Å². The fourth-order valence-corrected chi connectivity index (χ4v) is 4.21. The van der Waals surface area contributed by atoms with Crippen molar-refractivity contribution in [3.63, 3.8) is 0 Å². The number of rotatable bonds is 6. The van der Waals surface area contributed by atoms with Crippen LogP contribution in [-0.4, -0.2) is 64.6 Å². The maximum atomic E-state index is 13.9. The molecule has 1 aromatic carbocycles. The molecule has 3 heterocycles. The van der Waals surface area contributed by atoms with Crippen LogP contribution in [0.3, 0.4) is 0 Å². The molecule has 1 amide bonds. The highest BCUT2D eigenvalue weighted by molar-refractivity contribution is 6.04. The number of nitrogen functional groups attached to an aromatic ring is 1. The van der Waals surface area contributed by atoms with Crippen LogP contribution in [0.2, 0.25) is 0 Å². The number of halogens is 3. The zero-order valence-electron chi connectivity index (χ0n) is 21.3. The van der Waals surface area contributed by atoms with E-state index in [1.54, 1.807) is 12.1 Å². The third-order valence-electron chi connectivity index (χ3n) is 6.42. The molecule has 0 unspecified atom stereocenters. The van der Waals surface area contributed by atoms with E-state index >= 15 is 0 Å². The summed E-state index contributed by atoms with van der Waals surface area (Å²) in [5.74, 6) is 5.25. The SMILES string of the molecule is CCN1CCN(Cc2ccc(C(=O)Nc3cc(C#Cc4cnc(C=N)c(N)c4)ccn3)cc2C(F)(F)F)CC1. The molecule has 3 aromatic rings. The summed E-state index contributed by atoms with van der Waals surface area (Å²) in [6.45, 7) is 6.17. The van der Waals surface area contributed by atoms with Gasteiger partial charge in [0.2, 0.25) is 0 Å². The lowest BCUT2D eigenvalue weighted by Crippen LogP contribution is -2.45. The maximum Gasteiger partial charge on any atom is 0.416 e. The third-order valence-corrected chi connectivity index (χ3v) is 6.42. The summed E-state index contributed by atoms with van der Waals surface area (Å²) in [6.07, 6.45) is -0.627. The van der Waals surface area contributed by atoms with Crippen molar-refractivity contribution >= 4 is 23.6 Å². The Labute approximate surface area is 224 Å². The van der Waals surface area contributed by atoms with Crippen LogP contribution >= 0.6 is 0 Å². The Morgan fingerprint density at radius 3 is 2.46 bits per heavy atom. The molecule has 0 atom stereocenters. The highest BCUT2D eigenvalue weighted by atomic mass is 19.4. The average Bonchev–Trinajstić information content (AvgIpc) is 2.92. The molecule has 0 spiro atoms. The highest BCUT2D eigenvalue weighted by Crippen LogP contribution is 2.33. The first-order valence-corrected chi connectivity index (χ1v) is 12.4. The normalized spacial score (nSPS) is 14.4. The van der Waals surface area contributed by atoms with Crippen molar-refractivity contribution in [2.45, 2.75) is 19.6 Å². The first kappa shape index (κ1) is 27.8. The number of aromatic nitrogens is 2. The second-order valence-electron chi connectivity index (χ2n) is 9.06. The van der Waals surface area contributed by atoms with E-state index in [1.807, 2.05) is 4.90 Å². The van der Waals surface area contributed by atoms with E-state index in [1.165, 1.54) is 30.6 Å². The summed E-state index contributed by atoms with van der Waals surface area (Å²) in [7, 11) is 0. The quantitative estimate of drug-likeness (QED) is 0.327. The van der Waals surface area contributed by atoms with Crippen LogP contribution in [0, 0.1) is 17.3 Å². The average molecular weight is 536 g/mol. The van der Waals surface area contributed by atoms with E-state index in [2.05, 4.69) is 38.9 Å². The lowest BCUT2D eigenvalue weighted by molar-refractivity contribution is -0.138. The first-order chi connectivity index (χ1) is 18.7. The van der Waals surface area contributed by atoms with Crippen molar-refractivity contribution in [1.82, 2.24) is 19.8 Å². The van der Waals surface area contributed by atoms with E-state index < -0.39 is 17.6 Å². The Morgan fingerprint density at radius 2 is 1.79 bits per heavy atom. The Bertz CT molecular complexity index is 1420. The molecule has 39 heavy (non-hydrogen) atoms. The van der Waals surface area contributed by atoms with Gasteiger partial charge in [0.25, 0.3) is 5.91 Å². The molecule has 4 N–H and O–H groups in total. The van der Waals surface area contributed by atoms with Crippen LogP contribution in [0.25, 0.3) is 0 Å². The van der Waals surface area contributed by atoms with Gasteiger partial charge in [-0.15, -0.1) is 0 Å². The van der Waals surface area contributed by atoms with Crippen molar-refractivity contribution < 1.29 is 18.0 Å². The standard InChI is InChI=1S/C28H28F3N7O/c1-2-37-9-11-38(12-10-37)18-22-6-5-21(15-23(22)28(29,30)31)27(39)36-26-14-19(7-8-34-26)3-4-20-13-24(33)25(16-32)35-17-20/h5-8,13-17,32H,2,9-12,18,33H2,1H3,(H,34,36,39). The molecule has 0 radical (unpaired) electrons. The maximum absolute atomic E-state index is 13.9. The van der Waals surface area contributed by atoms with Crippen LogP contribution in [0.5, 0.6) is 0 Å². The zero-order chi connectivity index (χ0) is 28.0. The molecule has 1 saturated heterocycles. The molecule has 4 rings (SSSR count). The van der Waals surface area contributed by atoms with Crippen molar-refractivity contribution in [1.29, 1.82) is 5.41 Å². The summed E-state index contributed by atoms with van der Waals surface area (Å²) >= 11 is 0. The summed E-state index contributed by atoms with van der Waals surface area (Å²) < 4.78 is 41.8. The Hall–Kier alpha value is -4.27. The molecule has 0 aliphatic carbocycles. The van der Waals surface area contributed by atoms with Crippen LogP contribution in [0.1, 0.15) is 45.2 Å². The number of hydrogen-bond donors (Lipinski definition) is 3. The molecule has 202 valence electrons. The summed E-state index contributed by atoms with van der Waals surface area (Å²) in [4.78, 5) is 25.2. The molecular formula is C28H28F3N7O. The molecule has 0 saturated carbocycles. The molecular weight excluding hydrogens is 507 g/mol. The van der Waals surface area contributed by atoms with Gasteiger partial charge in [0.05, 0.1) is 11.3 Å². The number of carbonyl (C=O) groups is 1. The zero-order valence-corrected chi connectivity index (χ0v) is 21.3. The van der Waals surface area contributed by atoms with Crippen LogP contribution in [0.4, 0.5) is 24.7 Å². The molecule has 0 bridgehead atoms. The second-order valence-corrected chi connectivity index (χ2v) is 9.06. The molecule has 1 aliphatic heterocycles. The number of piperazine rings is 1. The van der Waals surface area contributed by atoms with Crippen molar-refractivity contribution in [3.05, 3.63) is 82.3 Å². The van der Waals surface area contributed by atoms with Gasteiger partial charge in [-0.25, -0.2) is 4.98 Å². The van der Waals surface area contributed by atoms with Crippen molar-refractivity contribution in [2.75, 3.05) is 43.8 Å². The van der Waals surface area contributed by atoms with E-state index in [0.717, 1.165) is 31.9 Å². The Kier molecular flexibility index (Phi) is 8.59. The van der Waals surface area contributed by atoms with E-state index in [-0.39, 0.29) is 23.5 Å². The summed E-state index contributed by atoms with van der Waals surface area (Å²) in [5.41, 5.74) is 6.75. The number of carbonyl (C=O) groups excluding carboxylic acids is 1. The molecule has 2 aromatic heterocycles. The molecule has 11 heteroatoms. The Morgan fingerprint density at radius 1 is 1.08 bits per heavy atom. The number of nitrogens with zero attached hydrogens (tertiary/aromatic N) is 4. The van der Waals surface area contributed by atoms with E-state index in [9.17, 15) is 18.0 Å². The number of nitrogens with two attached hydrogens (primary N) is 1. The lowest BCUT2D eigenvalue weighted by atomic mass is 10.0. The number of alkyl halides is 3. The van der Waals surface area contributed by atoms with Gasteiger partial charge in [0, 0.05) is 68.0 Å².